The summed E-state index contributed by atoms with van der Waals surface area (Å²) in [6.07, 6.45) is 1.90. The molecule has 2 aromatic rings. The van der Waals surface area contributed by atoms with Crippen LogP contribution in [0.3, 0.4) is 0 Å². The van der Waals surface area contributed by atoms with Gasteiger partial charge in [-0.05, 0) is 23.8 Å². The molecule has 0 amide bonds. The fourth-order valence-corrected chi connectivity index (χ4v) is 3.08. The highest BCUT2D eigenvalue weighted by atomic mass is 79.9. The molecule has 1 aromatic carbocycles. The van der Waals surface area contributed by atoms with Crippen molar-refractivity contribution in [2.45, 2.75) is 6.54 Å². The van der Waals surface area contributed by atoms with Crippen molar-refractivity contribution in [1.82, 2.24) is 4.57 Å². The minimum Gasteiger partial charge on any atom is -0.378 e. The van der Waals surface area contributed by atoms with E-state index in [0.29, 0.717) is 28.0 Å². The zero-order chi connectivity index (χ0) is 14.0. The minimum absolute atomic E-state index is 0.552. The predicted octanol–water partition coefficient (Wildman–Crippen LogP) is 4.58. The van der Waals surface area contributed by atoms with E-state index in [9.17, 15) is 0 Å². The van der Waals surface area contributed by atoms with E-state index in [4.69, 9.17) is 28.5 Å². The second-order valence-corrected chi connectivity index (χ2v) is 5.78. The molecule has 1 aromatic heterocycles. The van der Waals surface area contributed by atoms with E-state index < -0.39 is 0 Å². The van der Waals surface area contributed by atoms with Crippen molar-refractivity contribution in [3.05, 3.63) is 50.2 Å². The number of benzene rings is 1. The summed E-state index contributed by atoms with van der Waals surface area (Å²) in [7, 11) is 1.83. The molecule has 1 heterocycles. The Morgan fingerprint density at radius 3 is 2.47 bits per heavy atom. The summed E-state index contributed by atoms with van der Waals surface area (Å²) in [4.78, 5) is 0. The lowest BCUT2D eigenvalue weighted by Gasteiger charge is -2.10. The molecule has 0 fully saturated rings. The Morgan fingerprint density at radius 2 is 1.95 bits per heavy atom. The van der Waals surface area contributed by atoms with Crippen LogP contribution >= 0.6 is 39.1 Å². The zero-order valence-corrected chi connectivity index (χ0v) is 13.1. The first kappa shape index (κ1) is 14.3. The van der Waals surface area contributed by atoms with Gasteiger partial charge >= 0.3 is 0 Å². The fraction of sp³-hybridized carbons (Fsp3) is 0.154. The number of aromatic nitrogens is 1. The molecular formula is C13H10BrCl2N3. The van der Waals surface area contributed by atoms with E-state index in [1.807, 2.05) is 19.3 Å². The van der Waals surface area contributed by atoms with Gasteiger partial charge in [0.1, 0.15) is 11.8 Å². The van der Waals surface area contributed by atoms with E-state index in [1.165, 1.54) is 0 Å². The number of rotatable bonds is 3. The van der Waals surface area contributed by atoms with Crippen molar-refractivity contribution in [2.75, 3.05) is 5.32 Å². The average molecular weight is 359 g/mol. The van der Waals surface area contributed by atoms with Gasteiger partial charge in [-0.15, -0.1) is 0 Å². The number of halogens is 3. The Kier molecular flexibility index (Phi) is 4.41. The van der Waals surface area contributed by atoms with Gasteiger partial charge in [-0.2, -0.15) is 5.26 Å². The molecule has 98 valence electrons. The maximum atomic E-state index is 8.90. The van der Waals surface area contributed by atoms with Crippen molar-refractivity contribution < 1.29 is 0 Å². The maximum Gasteiger partial charge on any atom is 0.120 e. The van der Waals surface area contributed by atoms with Crippen LogP contribution in [0.25, 0.3) is 0 Å². The molecule has 2 rings (SSSR count). The summed E-state index contributed by atoms with van der Waals surface area (Å²) in [5.41, 5.74) is 2.30. The van der Waals surface area contributed by atoms with Crippen LogP contribution in [0.4, 0.5) is 5.69 Å². The molecule has 0 aliphatic carbocycles. The van der Waals surface area contributed by atoms with Gasteiger partial charge in [0.2, 0.25) is 0 Å². The van der Waals surface area contributed by atoms with Crippen molar-refractivity contribution in [1.29, 1.82) is 5.26 Å². The molecule has 6 heteroatoms. The molecule has 19 heavy (non-hydrogen) atoms. The first-order chi connectivity index (χ1) is 9.01. The number of hydrogen-bond donors (Lipinski definition) is 1. The van der Waals surface area contributed by atoms with Gasteiger partial charge in [-0.25, -0.2) is 0 Å². The lowest BCUT2D eigenvalue weighted by molar-refractivity contribution is 0.902. The first-order valence-corrected chi connectivity index (χ1v) is 7.00. The monoisotopic (exact) mass is 357 g/mol. The van der Waals surface area contributed by atoms with Crippen LogP contribution in [-0.2, 0) is 13.6 Å². The standard InChI is InChI=1S/C13H10BrCl2N3/c1-19-7-8(2-10(19)5-17)6-18-13-11(15)3-9(14)4-12(13)16/h2-4,7,18H,6H2,1H3. The number of nitrogens with zero attached hydrogens (tertiary/aromatic N) is 2. The molecule has 0 saturated carbocycles. The number of aryl methyl sites for hydroxylation is 1. The van der Waals surface area contributed by atoms with Crippen LogP contribution in [0.2, 0.25) is 10.0 Å². The van der Waals surface area contributed by atoms with Gasteiger partial charge < -0.3 is 9.88 Å². The third-order valence-corrected chi connectivity index (χ3v) is 3.71. The van der Waals surface area contributed by atoms with Crippen LogP contribution in [0.15, 0.2) is 28.9 Å². The molecule has 3 nitrogen and oxygen atoms in total. The number of anilines is 1. The zero-order valence-electron chi connectivity index (χ0n) is 10.0. The molecule has 0 saturated heterocycles. The van der Waals surface area contributed by atoms with E-state index in [1.54, 1.807) is 16.7 Å². The van der Waals surface area contributed by atoms with Gasteiger partial charge in [0.05, 0.1) is 15.7 Å². The topological polar surface area (TPSA) is 40.8 Å². The van der Waals surface area contributed by atoms with Crippen molar-refractivity contribution >= 4 is 44.8 Å². The van der Waals surface area contributed by atoms with Crippen LogP contribution in [0.1, 0.15) is 11.3 Å². The van der Waals surface area contributed by atoms with E-state index in [-0.39, 0.29) is 0 Å². The highest BCUT2D eigenvalue weighted by Crippen LogP contribution is 2.34. The van der Waals surface area contributed by atoms with Crippen LogP contribution in [0, 0.1) is 11.3 Å². The maximum absolute atomic E-state index is 8.90. The predicted molar refractivity (Wildman–Crippen MR) is 81.6 cm³/mol. The molecule has 0 aliphatic heterocycles. The second-order valence-electron chi connectivity index (χ2n) is 4.05. The van der Waals surface area contributed by atoms with Gasteiger partial charge in [-0.3, -0.25) is 0 Å². The molecule has 0 radical (unpaired) electrons. The van der Waals surface area contributed by atoms with Gasteiger partial charge in [0.25, 0.3) is 0 Å². The number of hydrogen-bond acceptors (Lipinski definition) is 2. The van der Waals surface area contributed by atoms with Gasteiger partial charge in [-0.1, -0.05) is 39.1 Å². The normalized spacial score (nSPS) is 10.3. The van der Waals surface area contributed by atoms with Gasteiger partial charge in [0, 0.05) is 24.3 Å². The fourth-order valence-electron chi connectivity index (χ4n) is 1.74. The molecule has 0 atom stereocenters. The van der Waals surface area contributed by atoms with Crippen molar-refractivity contribution in [2.24, 2.45) is 7.05 Å². The molecule has 0 aliphatic rings. The average Bonchev–Trinajstić information content (AvgIpc) is 2.68. The SMILES string of the molecule is Cn1cc(CNc2c(Cl)cc(Br)cc2Cl)cc1C#N. The number of nitriles is 1. The Labute approximate surface area is 129 Å². The highest BCUT2D eigenvalue weighted by molar-refractivity contribution is 9.10. The lowest BCUT2D eigenvalue weighted by Crippen LogP contribution is -2.00. The van der Waals surface area contributed by atoms with E-state index in [2.05, 4.69) is 27.3 Å². The summed E-state index contributed by atoms with van der Waals surface area (Å²) in [5.74, 6) is 0. The molecule has 0 unspecified atom stereocenters. The lowest BCUT2D eigenvalue weighted by atomic mass is 10.2. The van der Waals surface area contributed by atoms with Crippen LogP contribution in [-0.4, -0.2) is 4.57 Å². The Morgan fingerprint density at radius 1 is 1.32 bits per heavy atom. The Balaban J connectivity index is 2.17. The molecule has 0 bridgehead atoms. The number of nitrogens with one attached hydrogen (secondary N) is 1. The molecule has 0 spiro atoms. The summed E-state index contributed by atoms with van der Waals surface area (Å²) in [6, 6.07) is 7.51. The second kappa shape index (κ2) is 5.87. The summed E-state index contributed by atoms with van der Waals surface area (Å²) in [5, 5.41) is 13.2. The van der Waals surface area contributed by atoms with Crippen LogP contribution in [0.5, 0.6) is 0 Å². The molecular weight excluding hydrogens is 349 g/mol. The third-order valence-electron chi connectivity index (χ3n) is 2.65. The van der Waals surface area contributed by atoms with Crippen molar-refractivity contribution in [3.8, 4) is 6.07 Å². The Hall–Kier alpha value is -1.15. The van der Waals surface area contributed by atoms with Crippen molar-refractivity contribution in [3.63, 3.8) is 0 Å². The largest absolute Gasteiger partial charge is 0.378 e. The summed E-state index contributed by atoms with van der Waals surface area (Å²) >= 11 is 15.6. The molecule has 1 N–H and O–H groups in total. The van der Waals surface area contributed by atoms with E-state index in [0.717, 1.165) is 10.0 Å². The van der Waals surface area contributed by atoms with E-state index >= 15 is 0 Å². The highest BCUT2D eigenvalue weighted by Gasteiger charge is 2.08. The Bertz CT molecular complexity index is 635. The summed E-state index contributed by atoms with van der Waals surface area (Å²) < 4.78 is 2.61. The third kappa shape index (κ3) is 3.24. The minimum atomic E-state index is 0.552. The smallest absolute Gasteiger partial charge is 0.120 e. The van der Waals surface area contributed by atoms with Gasteiger partial charge in [0.15, 0.2) is 0 Å². The summed E-state index contributed by atoms with van der Waals surface area (Å²) in [6.45, 7) is 0.552. The quantitative estimate of drug-likeness (QED) is 0.872. The first-order valence-electron chi connectivity index (χ1n) is 5.45. The van der Waals surface area contributed by atoms with Crippen LogP contribution < -0.4 is 5.32 Å².